The molecule has 1 saturated carbocycles. The molecular formula is C19H29ClN6O. The van der Waals surface area contributed by atoms with E-state index in [9.17, 15) is 4.79 Å². The minimum absolute atomic E-state index is 0. The first-order valence-electron chi connectivity index (χ1n) is 9.48. The van der Waals surface area contributed by atoms with Crippen molar-refractivity contribution in [3.05, 3.63) is 41.7 Å². The van der Waals surface area contributed by atoms with Crippen molar-refractivity contribution in [3.63, 3.8) is 0 Å². The number of nitrogens with zero attached hydrogens (tertiary/aromatic N) is 4. The number of carbonyl (C=O) groups is 1. The number of rotatable bonds is 7. The predicted octanol–water partition coefficient (Wildman–Crippen LogP) is 2.21. The molecule has 7 nitrogen and oxygen atoms in total. The molecule has 1 fully saturated rings. The van der Waals surface area contributed by atoms with Crippen LogP contribution < -0.4 is 11.1 Å². The minimum Gasteiger partial charge on any atom is -0.350 e. The van der Waals surface area contributed by atoms with E-state index in [2.05, 4.69) is 20.8 Å². The summed E-state index contributed by atoms with van der Waals surface area (Å²) in [5, 5.41) is 14.9. The van der Waals surface area contributed by atoms with E-state index >= 15 is 0 Å². The first-order chi connectivity index (χ1) is 12.7. The highest BCUT2D eigenvalue weighted by Gasteiger charge is 2.29. The maximum atomic E-state index is 13.1. The molecule has 27 heavy (non-hydrogen) atoms. The zero-order chi connectivity index (χ0) is 18.4. The molecule has 1 aromatic carbocycles. The van der Waals surface area contributed by atoms with Crippen LogP contribution in [0.2, 0.25) is 0 Å². The fourth-order valence-corrected chi connectivity index (χ4v) is 3.84. The third kappa shape index (κ3) is 5.49. The lowest BCUT2D eigenvalue weighted by Gasteiger charge is -2.31. The number of carbonyl (C=O) groups excluding carboxylic acids is 1. The van der Waals surface area contributed by atoms with Gasteiger partial charge in [0.2, 0.25) is 5.91 Å². The highest BCUT2D eigenvalue weighted by Crippen LogP contribution is 2.26. The van der Waals surface area contributed by atoms with Crippen molar-refractivity contribution in [1.29, 1.82) is 0 Å². The molecule has 1 aliphatic rings. The van der Waals surface area contributed by atoms with E-state index in [1.165, 1.54) is 19.3 Å². The second kappa shape index (κ2) is 10.4. The van der Waals surface area contributed by atoms with Gasteiger partial charge >= 0.3 is 0 Å². The zero-order valence-corrected chi connectivity index (χ0v) is 16.6. The van der Waals surface area contributed by atoms with Crippen LogP contribution in [0.5, 0.6) is 0 Å². The Bertz CT molecular complexity index is 701. The van der Waals surface area contributed by atoms with Crippen LogP contribution in [0.3, 0.4) is 0 Å². The summed E-state index contributed by atoms with van der Waals surface area (Å²) in [4.78, 5) is 13.1. The molecular weight excluding hydrogens is 364 g/mol. The summed E-state index contributed by atoms with van der Waals surface area (Å²) in [6.07, 6.45) is 6.53. The number of nitrogens with two attached hydrogens (primary N) is 1. The molecule has 3 rings (SSSR count). The van der Waals surface area contributed by atoms with Crippen LogP contribution in [0.4, 0.5) is 0 Å². The van der Waals surface area contributed by atoms with Crippen LogP contribution in [0, 0.1) is 12.8 Å². The average molecular weight is 393 g/mol. The average Bonchev–Trinajstić information content (AvgIpc) is 3.11. The van der Waals surface area contributed by atoms with Gasteiger partial charge in [0.15, 0.2) is 0 Å². The van der Waals surface area contributed by atoms with E-state index in [1.807, 2.05) is 37.3 Å². The number of benzene rings is 1. The number of amides is 1. The lowest BCUT2D eigenvalue weighted by atomic mass is 9.83. The molecule has 0 saturated heterocycles. The molecule has 3 N–H and O–H groups in total. The van der Waals surface area contributed by atoms with Gasteiger partial charge in [0.25, 0.3) is 0 Å². The number of halogens is 1. The van der Waals surface area contributed by atoms with Crippen LogP contribution >= 0.6 is 12.4 Å². The highest BCUT2D eigenvalue weighted by atomic mass is 35.5. The maximum absolute atomic E-state index is 13.1. The summed E-state index contributed by atoms with van der Waals surface area (Å²) in [7, 11) is 0. The van der Waals surface area contributed by atoms with E-state index in [-0.39, 0.29) is 24.4 Å². The monoisotopic (exact) mass is 392 g/mol. The summed E-state index contributed by atoms with van der Waals surface area (Å²) in [6.45, 7) is 2.27. The largest absolute Gasteiger partial charge is 0.350 e. The van der Waals surface area contributed by atoms with E-state index in [4.69, 9.17) is 5.73 Å². The smallest absolute Gasteiger partial charge is 0.245 e. The molecule has 0 bridgehead atoms. The summed E-state index contributed by atoms with van der Waals surface area (Å²) in [5.74, 6) is 1.03. The number of hydrogen-bond acceptors (Lipinski definition) is 5. The van der Waals surface area contributed by atoms with Gasteiger partial charge in [0.1, 0.15) is 11.9 Å². The Hall–Kier alpha value is -1.99. The third-order valence-electron chi connectivity index (χ3n) is 5.33. The lowest BCUT2D eigenvalue weighted by molar-refractivity contribution is -0.125. The van der Waals surface area contributed by atoms with E-state index in [0.717, 1.165) is 18.4 Å². The number of nitrogens with one attached hydrogen (secondary N) is 1. The van der Waals surface area contributed by atoms with Crippen molar-refractivity contribution in [2.75, 3.05) is 6.54 Å². The topological polar surface area (TPSA) is 98.7 Å². The summed E-state index contributed by atoms with van der Waals surface area (Å²) >= 11 is 0. The maximum Gasteiger partial charge on any atom is 0.245 e. The van der Waals surface area contributed by atoms with Gasteiger partial charge in [0, 0.05) is 19.0 Å². The Morgan fingerprint density at radius 2 is 1.96 bits per heavy atom. The van der Waals surface area contributed by atoms with Crippen molar-refractivity contribution >= 4 is 18.3 Å². The number of tetrazole rings is 1. The Kier molecular flexibility index (Phi) is 8.19. The van der Waals surface area contributed by atoms with Gasteiger partial charge < -0.3 is 11.1 Å². The normalized spacial score (nSPS) is 17.0. The molecule has 0 spiro atoms. The van der Waals surface area contributed by atoms with Crippen molar-refractivity contribution in [2.45, 2.75) is 57.5 Å². The van der Waals surface area contributed by atoms with Gasteiger partial charge in [-0.05, 0) is 41.7 Å². The fourth-order valence-electron chi connectivity index (χ4n) is 3.84. The van der Waals surface area contributed by atoms with Crippen LogP contribution in [0.1, 0.15) is 49.5 Å². The molecule has 8 heteroatoms. The van der Waals surface area contributed by atoms with E-state index in [1.54, 1.807) is 4.68 Å². The van der Waals surface area contributed by atoms with Gasteiger partial charge in [-0.15, -0.1) is 17.5 Å². The summed E-state index contributed by atoms with van der Waals surface area (Å²) < 4.78 is 1.61. The molecule has 1 aliphatic carbocycles. The lowest BCUT2D eigenvalue weighted by Crippen LogP contribution is -2.48. The van der Waals surface area contributed by atoms with Crippen LogP contribution in [0.15, 0.2) is 30.3 Å². The Labute approximate surface area is 166 Å². The molecule has 148 valence electrons. The van der Waals surface area contributed by atoms with Crippen LogP contribution in [-0.4, -0.2) is 38.7 Å². The van der Waals surface area contributed by atoms with Crippen molar-refractivity contribution in [3.8, 4) is 0 Å². The number of aromatic nitrogens is 4. The van der Waals surface area contributed by atoms with E-state index < -0.39 is 6.04 Å². The molecule has 2 unspecified atom stereocenters. The van der Waals surface area contributed by atoms with E-state index in [0.29, 0.717) is 24.7 Å². The predicted molar refractivity (Wildman–Crippen MR) is 107 cm³/mol. The standard InChI is InChI=1S/C19H28N6O.ClH/c1-14-22-23-24-25(14)18(12-15-8-4-2-5-9-15)19(26)21-17(13-20)16-10-6-3-7-11-16;/h2,4-5,8-9,16-18H,3,6-7,10-13,20H2,1H3,(H,21,26);1H. The fraction of sp³-hybridized carbons (Fsp3) is 0.579. The van der Waals surface area contributed by atoms with Crippen molar-refractivity contribution in [1.82, 2.24) is 25.5 Å². The summed E-state index contributed by atoms with van der Waals surface area (Å²) in [5.41, 5.74) is 7.06. The van der Waals surface area contributed by atoms with Crippen LogP contribution in [-0.2, 0) is 11.2 Å². The first-order valence-corrected chi connectivity index (χ1v) is 9.48. The second-order valence-corrected chi connectivity index (χ2v) is 7.13. The number of aryl methyl sites for hydroxylation is 1. The van der Waals surface area contributed by atoms with Crippen LogP contribution in [0.25, 0.3) is 0 Å². The molecule has 0 radical (unpaired) electrons. The molecule has 2 atom stereocenters. The Morgan fingerprint density at radius 3 is 2.56 bits per heavy atom. The van der Waals surface area contributed by atoms with Crippen molar-refractivity contribution < 1.29 is 4.79 Å². The van der Waals surface area contributed by atoms with Crippen molar-refractivity contribution in [2.24, 2.45) is 11.7 Å². The van der Waals surface area contributed by atoms with Gasteiger partial charge in [-0.2, -0.15) is 0 Å². The Morgan fingerprint density at radius 1 is 1.26 bits per heavy atom. The third-order valence-corrected chi connectivity index (χ3v) is 5.33. The molecule has 2 aromatic rings. The molecule has 0 aliphatic heterocycles. The quantitative estimate of drug-likeness (QED) is 0.752. The summed E-state index contributed by atoms with van der Waals surface area (Å²) in [6, 6.07) is 9.48. The number of hydrogen-bond donors (Lipinski definition) is 2. The molecule has 1 heterocycles. The SMILES string of the molecule is Cc1nnnn1C(Cc1ccccc1)C(=O)NC(CN)C1CCCCC1.Cl. The van der Waals surface area contributed by atoms with Gasteiger partial charge in [-0.1, -0.05) is 49.6 Å². The molecule has 1 amide bonds. The Balaban J connectivity index is 0.00000261. The molecule has 1 aromatic heterocycles. The first kappa shape index (κ1) is 21.3. The highest BCUT2D eigenvalue weighted by molar-refractivity contribution is 5.85. The minimum atomic E-state index is -0.481. The van der Waals surface area contributed by atoms with Gasteiger partial charge in [-0.3, -0.25) is 4.79 Å². The zero-order valence-electron chi connectivity index (χ0n) is 15.8. The second-order valence-electron chi connectivity index (χ2n) is 7.13. The van der Waals surface area contributed by atoms with Gasteiger partial charge in [-0.25, -0.2) is 4.68 Å². The van der Waals surface area contributed by atoms with Gasteiger partial charge in [0.05, 0.1) is 0 Å².